The van der Waals surface area contributed by atoms with Crippen molar-refractivity contribution >= 4 is 22.6 Å². The SMILES string of the molecule is CC(C)CCn1c(CN2C(=O)C3(CCCC3)c3ccccc32)nc2ccccc21. The summed E-state index contributed by atoms with van der Waals surface area (Å²) in [6.07, 6.45) is 5.33. The molecule has 1 saturated carbocycles. The fourth-order valence-corrected chi connectivity index (χ4v) is 5.24. The van der Waals surface area contributed by atoms with Crippen LogP contribution in [0.15, 0.2) is 48.5 Å². The van der Waals surface area contributed by atoms with Crippen molar-refractivity contribution in [1.82, 2.24) is 9.55 Å². The van der Waals surface area contributed by atoms with Gasteiger partial charge in [-0.1, -0.05) is 57.0 Å². The number of hydrogen-bond donors (Lipinski definition) is 0. The van der Waals surface area contributed by atoms with Crippen LogP contribution in [0.3, 0.4) is 0 Å². The second-order valence-electron chi connectivity index (χ2n) is 9.05. The molecule has 0 saturated heterocycles. The van der Waals surface area contributed by atoms with Gasteiger partial charge in [0, 0.05) is 12.2 Å². The second-order valence-corrected chi connectivity index (χ2v) is 9.05. The van der Waals surface area contributed by atoms with Crippen LogP contribution >= 0.6 is 0 Å². The first-order valence-electron chi connectivity index (χ1n) is 11.0. The van der Waals surface area contributed by atoms with Crippen molar-refractivity contribution in [3.8, 4) is 0 Å². The van der Waals surface area contributed by atoms with Gasteiger partial charge in [-0.15, -0.1) is 0 Å². The number of aryl methyl sites for hydroxylation is 1. The molecule has 0 atom stereocenters. The molecular formula is C25H29N3O. The molecule has 5 rings (SSSR count). The molecule has 0 radical (unpaired) electrons. The zero-order valence-corrected chi connectivity index (χ0v) is 17.4. The molecule has 0 bridgehead atoms. The first-order chi connectivity index (χ1) is 14.1. The number of fused-ring (bicyclic) bond motifs is 3. The zero-order valence-electron chi connectivity index (χ0n) is 17.4. The summed E-state index contributed by atoms with van der Waals surface area (Å²) in [6.45, 7) is 5.98. The molecule has 29 heavy (non-hydrogen) atoms. The molecule has 1 spiro atoms. The molecule has 1 aliphatic carbocycles. The number of amides is 1. The molecule has 3 aromatic rings. The average molecular weight is 388 g/mol. The lowest BCUT2D eigenvalue weighted by molar-refractivity contribution is -0.123. The normalized spacial score (nSPS) is 17.8. The third kappa shape index (κ3) is 2.88. The van der Waals surface area contributed by atoms with Crippen molar-refractivity contribution in [2.45, 2.75) is 64.5 Å². The van der Waals surface area contributed by atoms with Crippen molar-refractivity contribution in [2.75, 3.05) is 4.90 Å². The number of hydrogen-bond acceptors (Lipinski definition) is 2. The fourth-order valence-electron chi connectivity index (χ4n) is 5.24. The van der Waals surface area contributed by atoms with Crippen LogP contribution in [-0.2, 0) is 23.3 Å². The van der Waals surface area contributed by atoms with Crippen LogP contribution in [0.1, 0.15) is 57.3 Å². The van der Waals surface area contributed by atoms with E-state index in [9.17, 15) is 4.79 Å². The Kier molecular flexibility index (Phi) is 4.45. The Labute approximate surface area is 172 Å². The van der Waals surface area contributed by atoms with Gasteiger partial charge in [-0.05, 0) is 48.9 Å². The third-order valence-corrected chi connectivity index (χ3v) is 6.79. The number of imidazole rings is 1. The second kappa shape index (κ2) is 7.01. The van der Waals surface area contributed by atoms with Crippen LogP contribution in [0.25, 0.3) is 11.0 Å². The molecule has 2 aliphatic rings. The van der Waals surface area contributed by atoms with Crippen LogP contribution in [0, 0.1) is 5.92 Å². The minimum absolute atomic E-state index is 0.277. The highest BCUT2D eigenvalue weighted by Gasteiger charge is 2.52. The predicted molar refractivity (Wildman–Crippen MR) is 117 cm³/mol. The van der Waals surface area contributed by atoms with Crippen LogP contribution in [-0.4, -0.2) is 15.5 Å². The van der Waals surface area contributed by atoms with Crippen LogP contribution < -0.4 is 4.90 Å². The molecule has 1 aliphatic heterocycles. The summed E-state index contributed by atoms with van der Waals surface area (Å²) >= 11 is 0. The maximum atomic E-state index is 13.7. The standard InChI is InChI=1S/C25H29N3O/c1-18(2)13-16-27-22-12-6-4-10-20(22)26-23(27)17-28-21-11-5-3-9-19(21)25(24(28)29)14-7-8-15-25/h3-6,9-12,18H,7-8,13-17H2,1-2H3. The summed E-state index contributed by atoms with van der Waals surface area (Å²) in [4.78, 5) is 20.6. The maximum Gasteiger partial charge on any atom is 0.238 e. The van der Waals surface area contributed by atoms with Gasteiger partial charge < -0.3 is 9.47 Å². The maximum absolute atomic E-state index is 13.7. The van der Waals surface area contributed by atoms with Crippen LogP contribution in [0.4, 0.5) is 5.69 Å². The van der Waals surface area contributed by atoms with Gasteiger partial charge in [0.2, 0.25) is 5.91 Å². The van der Waals surface area contributed by atoms with E-state index in [1.165, 1.54) is 11.1 Å². The van der Waals surface area contributed by atoms with Crippen molar-refractivity contribution in [1.29, 1.82) is 0 Å². The summed E-state index contributed by atoms with van der Waals surface area (Å²) in [5.41, 5.74) is 4.19. The van der Waals surface area contributed by atoms with Gasteiger partial charge >= 0.3 is 0 Å². The Morgan fingerprint density at radius 1 is 1.03 bits per heavy atom. The van der Waals surface area contributed by atoms with E-state index in [0.717, 1.165) is 55.7 Å². The summed E-state index contributed by atoms with van der Waals surface area (Å²) in [5, 5.41) is 0. The lowest BCUT2D eigenvalue weighted by Gasteiger charge is -2.23. The van der Waals surface area contributed by atoms with Crippen molar-refractivity contribution in [2.24, 2.45) is 5.92 Å². The lowest BCUT2D eigenvalue weighted by atomic mass is 9.80. The molecule has 0 N–H and O–H groups in total. The number of nitrogens with zero attached hydrogens (tertiary/aromatic N) is 3. The van der Waals surface area contributed by atoms with Crippen LogP contribution in [0.2, 0.25) is 0 Å². The zero-order chi connectivity index (χ0) is 20.0. The van der Waals surface area contributed by atoms with E-state index >= 15 is 0 Å². The number of carbonyl (C=O) groups is 1. The quantitative estimate of drug-likeness (QED) is 0.584. The number of rotatable bonds is 5. The summed E-state index contributed by atoms with van der Waals surface area (Å²) in [7, 11) is 0. The molecular weight excluding hydrogens is 358 g/mol. The predicted octanol–water partition coefficient (Wildman–Crippen LogP) is 5.44. The lowest BCUT2D eigenvalue weighted by Crippen LogP contribution is -2.38. The number of anilines is 1. The van der Waals surface area contributed by atoms with E-state index in [2.05, 4.69) is 60.9 Å². The average Bonchev–Trinajstić information content (AvgIpc) is 3.40. The van der Waals surface area contributed by atoms with E-state index in [4.69, 9.17) is 4.98 Å². The molecule has 4 heteroatoms. The molecule has 2 heterocycles. The summed E-state index contributed by atoms with van der Waals surface area (Å²) < 4.78 is 2.32. The molecule has 1 aromatic heterocycles. The van der Waals surface area contributed by atoms with E-state index in [1.54, 1.807) is 0 Å². The smallest absolute Gasteiger partial charge is 0.238 e. The monoisotopic (exact) mass is 387 g/mol. The van der Waals surface area contributed by atoms with E-state index in [0.29, 0.717) is 12.5 Å². The van der Waals surface area contributed by atoms with Gasteiger partial charge in [0.05, 0.1) is 23.0 Å². The molecule has 1 amide bonds. The molecule has 4 nitrogen and oxygen atoms in total. The molecule has 150 valence electrons. The highest BCUT2D eigenvalue weighted by atomic mass is 16.2. The minimum Gasteiger partial charge on any atom is -0.326 e. The first-order valence-corrected chi connectivity index (χ1v) is 11.0. The fraction of sp³-hybridized carbons (Fsp3) is 0.440. The number of carbonyl (C=O) groups excluding carboxylic acids is 1. The molecule has 0 unspecified atom stereocenters. The van der Waals surface area contributed by atoms with Gasteiger partial charge in [0.25, 0.3) is 0 Å². The Morgan fingerprint density at radius 3 is 2.55 bits per heavy atom. The highest BCUT2D eigenvalue weighted by Crippen LogP contribution is 2.51. The van der Waals surface area contributed by atoms with Gasteiger partial charge in [0.15, 0.2) is 0 Å². The molecule has 2 aromatic carbocycles. The number of benzene rings is 2. The van der Waals surface area contributed by atoms with E-state index in [1.807, 2.05) is 11.0 Å². The van der Waals surface area contributed by atoms with E-state index < -0.39 is 0 Å². The van der Waals surface area contributed by atoms with Crippen LogP contribution in [0.5, 0.6) is 0 Å². The Balaban J connectivity index is 1.56. The van der Waals surface area contributed by atoms with Crippen molar-refractivity contribution in [3.63, 3.8) is 0 Å². The van der Waals surface area contributed by atoms with Gasteiger partial charge in [-0.25, -0.2) is 4.98 Å². The largest absolute Gasteiger partial charge is 0.326 e. The summed E-state index contributed by atoms with van der Waals surface area (Å²) in [6, 6.07) is 16.7. The highest BCUT2D eigenvalue weighted by molar-refractivity contribution is 6.08. The van der Waals surface area contributed by atoms with E-state index in [-0.39, 0.29) is 11.3 Å². The van der Waals surface area contributed by atoms with Crippen molar-refractivity contribution in [3.05, 3.63) is 59.9 Å². The Hall–Kier alpha value is -2.62. The van der Waals surface area contributed by atoms with Gasteiger partial charge in [0.1, 0.15) is 5.82 Å². The number of para-hydroxylation sites is 3. The number of aromatic nitrogens is 2. The van der Waals surface area contributed by atoms with Crippen molar-refractivity contribution < 1.29 is 4.79 Å². The Bertz CT molecular complexity index is 1060. The topological polar surface area (TPSA) is 38.1 Å². The minimum atomic E-state index is -0.300. The summed E-state index contributed by atoms with van der Waals surface area (Å²) in [5.74, 6) is 1.89. The third-order valence-electron chi connectivity index (χ3n) is 6.79. The molecule has 1 fully saturated rings. The van der Waals surface area contributed by atoms with Gasteiger partial charge in [-0.3, -0.25) is 4.79 Å². The Morgan fingerprint density at radius 2 is 1.76 bits per heavy atom. The van der Waals surface area contributed by atoms with Gasteiger partial charge in [-0.2, -0.15) is 0 Å². The first kappa shape index (κ1) is 18.4.